The molecule has 1 aromatic carbocycles. The van der Waals surface area contributed by atoms with E-state index in [1.165, 1.54) is 0 Å². The van der Waals surface area contributed by atoms with Gasteiger partial charge < -0.3 is 15.6 Å². The predicted molar refractivity (Wildman–Crippen MR) is 99.2 cm³/mol. The summed E-state index contributed by atoms with van der Waals surface area (Å²) in [5, 5.41) is 12.3. The molecule has 140 valence electrons. The Labute approximate surface area is 154 Å². The van der Waals surface area contributed by atoms with E-state index in [0.717, 1.165) is 62.3 Å². The van der Waals surface area contributed by atoms with Crippen LogP contribution in [0.5, 0.6) is 0 Å². The number of aromatic nitrogens is 3. The molecule has 2 fully saturated rings. The normalized spacial score (nSPS) is 24.6. The van der Waals surface area contributed by atoms with Gasteiger partial charge in [-0.1, -0.05) is 31.0 Å². The molecule has 2 aliphatic rings. The number of halogens is 1. The van der Waals surface area contributed by atoms with Gasteiger partial charge in [-0.05, 0) is 37.3 Å². The van der Waals surface area contributed by atoms with Gasteiger partial charge in [0, 0.05) is 31.0 Å². The van der Waals surface area contributed by atoms with Crippen molar-refractivity contribution < 1.29 is 4.39 Å². The standard InChI is InChI=1S/C20H28FN5/c1-26-18(24-25-19(26)14-10-15(22)11-14)12-23-13-20(8-4-5-9-20)16-6-2-3-7-17(16)21/h2-3,6-7,14-15,23H,4-5,8-13,22H2,1H3. The molecule has 2 aromatic rings. The first kappa shape index (κ1) is 17.6. The maximum absolute atomic E-state index is 14.4. The zero-order valence-electron chi connectivity index (χ0n) is 15.4. The average Bonchev–Trinajstić information content (AvgIpc) is 3.21. The van der Waals surface area contributed by atoms with E-state index in [1.54, 1.807) is 12.1 Å². The molecular weight excluding hydrogens is 329 g/mol. The van der Waals surface area contributed by atoms with E-state index in [-0.39, 0.29) is 11.2 Å². The zero-order chi connectivity index (χ0) is 18.1. The fourth-order valence-corrected chi connectivity index (χ4v) is 4.66. The Morgan fingerprint density at radius 2 is 1.96 bits per heavy atom. The Bertz CT molecular complexity index is 759. The number of hydrogen-bond acceptors (Lipinski definition) is 4. The summed E-state index contributed by atoms with van der Waals surface area (Å²) in [6, 6.07) is 7.54. The molecule has 2 aliphatic carbocycles. The summed E-state index contributed by atoms with van der Waals surface area (Å²) < 4.78 is 16.5. The number of benzene rings is 1. The summed E-state index contributed by atoms with van der Waals surface area (Å²) in [6.45, 7) is 1.42. The SMILES string of the molecule is Cn1c(CNCC2(c3ccccc3F)CCCC2)nnc1C1CC(N)C1. The summed E-state index contributed by atoms with van der Waals surface area (Å²) >= 11 is 0. The molecule has 4 rings (SSSR count). The molecule has 0 bridgehead atoms. The van der Waals surface area contributed by atoms with E-state index < -0.39 is 0 Å². The quantitative estimate of drug-likeness (QED) is 0.834. The Hall–Kier alpha value is -1.79. The van der Waals surface area contributed by atoms with Gasteiger partial charge in [-0.3, -0.25) is 0 Å². The van der Waals surface area contributed by atoms with E-state index in [1.807, 2.05) is 19.2 Å². The number of nitrogens with zero attached hydrogens (tertiary/aromatic N) is 3. The lowest BCUT2D eigenvalue weighted by atomic mass is 9.78. The third-order valence-corrected chi connectivity index (χ3v) is 6.29. The molecule has 0 saturated heterocycles. The lowest BCUT2D eigenvalue weighted by Crippen LogP contribution is -2.37. The van der Waals surface area contributed by atoms with Crippen LogP contribution in [0.25, 0.3) is 0 Å². The lowest BCUT2D eigenvalue weighted by molar-refractivity contribution is 0.331. The highest BCUT2D eigenvalue weighted by Crippen LogP contribution is 2.41. The van der Waals surface area contributed by atoms with Crippen LogP contribution in [-0.2, 0) is 19.0 Å². The Kier molecular flexibility index (Phi) is 4.80. The van der Waals surface area contributed by atoms with E-state index >= 15 is 0 Å². The van der Waals surface area contributed by atoms with Gasteiger partial charge in [0.1, 0.15) is 17.5 Å². The first-order valence-electron chi connectivity index (χ1n) is 9.68. The predicted octanol–water partition coefficient (Wildman–Crippen LogP) is 2.76. The zero-order valence-corrected chi connectivity index (χ0v) is 15.4. The van der Waals surface area contributed by atoms with Crippen LogP contribution in [0.4, 0.5) is 4.39 Å². The Morgan fingerprint density at radius 1 is 1.23 bits per heavy atom. The average molecular weight is 357 g/mol. The van der Waals surface area contributed by atoms with Crippen molar-refractivity contribution in [2.75, 3.05) is 6.54 Å². The van der Waals surface area contributed by atoms with Crippen LogP contribution in [0.2, 0.25) is 0 Å². The highest BCUT2D eigenvalue weighted by atomic mass is 19.1. The number of nitrogens with one attached hydrogen (secondary N) is 1. The second kappa shape index (κ2) is 7.08. The van der Waals surface area contributed by atoms with E-state index in [9.17, 15) is 4.39 Å². The molecule has 0 atom stereocenters. The lowest BCUT2D eigenvalue weighted by Gasteiger charge is -2.31. The molecule has 0 amide bonds. The maximum Gasteiger partial charge on any atom is 0.146 e. The third kappa shape index (κ3) is 3.16. The molecule has 1 heterocycles. The van der Waals surface area contributed by atoms with E-state index in [4.69, 9.17) is 5.73 Å². The van der Waals surface area contributed by atoms with Gasteiger partial charge in [-0.15, -0.1) is 10.2 Å². The molecule has 5 nitrogen and oxygen atoms in total. The molecule has 0 aliphatic heterocycles. The Balaban J connectivity index is 1.43. The topological polar surface area (TPSA) is 68.8 Å². The summed E-state index contributed by atoms with van der Waals surface area (Å²) in [7, 11) is 2.03. The van der Waals surface area contributed by atoms with Gasteiger partial charge in [0.2, 0.25) is 0 Å². The van der Waals surface area contributed by atoms with Gasteiger partial charge >= 0.3 is 0 Å². The van der Waals surface area contributed by atoms with Crippen LogP contribution >= 0.6 is 0 Å². The molecule has 0 spiro atoms. The number of hydrogen-bond donors (Lipinski definition) is 2. The minimum absolute atomic E-state index is 0.0848. The van der Waals surface area contributed by atoms with Gasteiger partial charge in [0.05, 0.1) is 6.54 Å². The van der Waals surface area contributed by atoms with Crippen LogP contribution in [0.1, 0.15) is 61.7 Å². The van der Waals surface area contributed by atoms with Gasteiger partial charge in [0.25, 0.3) is 0 Å². The molecule has 3 N–H and O–H groups in total. The second-order valence-electron chi connectivity index (χ2n) is 8.03. The summed E-state index contributed by atoms with van der Waals surface area (Å²) in [5.41, 5.74) is 6.64. The molecule has 6 heteroatoms. The fourth-order valence-electron chi connectivity index (χ4n) is 4.66. The highest BCUT2D eigenvalue weighted by Gasteiger charge is 2.37. The second-order valence-corrected chi connectivity index (χ2v) is 8.03. The van der Waals surface area contributed by atoms with E-state index in [0.29, 0.717) is 18.5 Å². The van der Waals surface area contributed by atoms with Crippen molar-refractivity contribution in [1.29, 1.82) is 0 Å². The molecule has 0 radical (unpaired) electrons. The van der Waals surface area contributed by atoms with Crippen LogP contribution in [-0.4, -0.2) is 27.4 Å². The van der Waals surface area contributed by atoms with Crippen LogP contribution in [0, 0.1) is 5.82 Å². The number of nitrogens with two attached hydrogens (primary N) is 1. The minimum Gasteiger partial charge on any atom is -0.328 e. The first-order valence-corrected chi connectivity index (χ1v) is 9.68. The van der Waals surface area contributed by atoms with Crippen LogP contribution in [0.15, 0.2) is 24.3 Å². The summed E-state index contributed by atoms with van der Waals surface area (Å²) in [5.74, 6) is 2.32. The van der Waals surface area contributed by atoms with Crippen molar-refractivity contribution in [3.63, 3.8) is 0 Å². The van der Waals surface area contributed by atoms with Crippen molar-refractivity contribution in [3.05, 3.63) is 47.3 Å². The molecule has 26 heavy (non-hydrogen) atoms. The van der Waals surface area contributed by atoms with Crippen molar-refractivity contribution in [3.8, 4) is 0 Å². The summed E-state index contributed by atoms with van der Waals surface area (Å²) in [4.78, 5) is 0. The minimum atomic E-state index is -0.104. The monoisotopic (exact) mass is 357 g/mol. The Morgan fingerprint density at radius 3 is 2.65 bits per heavy atom. The molecule has 0 unspecified atom stereocenters. The number of rotatable bonds is 6. The van der Waals surface area contributed by atoms with E-state index in [2.05, 4.69) is 20.1 Å². The molecular formula is C20H28FN5. The first-order chi connectivity index (χ1) is 12.6. The van der Waals surface area contributed by atoms with Gasteiger partial charge in [-0.2, -0.15) is 0 Å². The molecule has 2 saturated carbocycles. The summed E-state index contributed by atoms with van der Waals surface area (Å²) in [6.07, 6.45) is 6.37. The third-order valence-electron chi connectivity index (χ3n) is 6.29. The van der Waals surface area contributed by atoms with Crippen molar-refractivity contribution in [1.82, 2.24) is 20.1 Å². The van der Waals surface area contributed by atoms with Crippen LogP contribution < -0.4 is 11.1 Å². The van der Waals surface area contributed by atoms with Crippen LogP contribution in [0.3, 0.4) is 0 Å². The van der Waals surface area contributed by atoms with Gasteiger partial charge in [0.15, 0.2) is 0 Å². The van der Waals surface area contributed by atoms with Gasteiger partial charge in [-0.25, -0.2) is 4.39 Å². The largest absolute Gasteiger partial charge is 0.328 e. The molecule has 1 aromatic heterocycles. The van der Waals surface area contributed by atoms with Crippen molar-refractivity contribution in [2.24, 2.45) is 12.8 Å². The maximum atomic E-state index is 14.4. The highest BCUT2D eigenvalue weighted by molar-refractivity contribution is 5.29. The van der Waals surface area contributed by atoms with Crippen molar-refractivity contribution in [2.45, 2.75) is 62.4 Å². The van der Waals surface area contributed by atoms with Crippen molar-refractivity contribution >= 4 is 0 Å². The fraction of sp³-hybridized carbons (Fsp3) is 0.600. The smallest absolute Gasteiger partial charge is 0.146 e.